The van der Waals surface area contributed by atoms with Crippen LogP contribution < -0.4 is 10.6 Å². The molecule has 2 aliphatic rings. The number of carbonyl (C=O) groups is 2. The van der Waals surface area contributed by atoms with Gasteiger partial charge < -0.3 is 15.1 Å². The van der Waals surface area contributed by atoms with Crippen molar-refractivity contribution in [1.82, 2.24) is 0 Å². The molecule has 2 N–H and O–H groups in total. The molecule has 4 atom stereocenters. The second-order valence-electron chi connectivity index (χ2n) is 7.78. The Morgan fingerprint density at radius 3 is 2.45 bits per heavy atom. The maximum Gasteiger partial charge on any atom is 0.241 e. The van der Waals surface area contributed by atoms with Crippen LogP contribution in [0, 0.1) is 16.7 Å². The zero-order chi connectivity index (χ0) is 21.6. The number of para-hydroxylation sites is 1. The van der Waals surface area contributed by atoms with E-state index in [1.165, 1.54) is 6.26 Å². The molecule has 3 heterocycles. The Morgan fingerprint density at radius 2 is 1.77 bits per heavy atom. The highest BCUT2D eigenvalue weighted by Crippen LogP contribution is 2.55. The molecule has 152 valence electrons. The number of carbonyl (C=O) groups excluding carboxylic acids is 2. The summed E-state index contributed by atoms with van der Waals surface area (Å²) in [6, 6.07) is 20.5. The zero-order valence-electron chi connectivity index (χ0n) is 16.5. The lowest BCUT2D eigenvalue weighted by Gasteiger charge is -2.36. The third-order valence-electron chi connectivity index (χ3n) is 6.31. The molecule has 0 saturated carbocycles. The van der Waals surface area contributed by atoms with Crippen molar-refractivity contribution in [2.45, 2.75) is 18.0 Å². The largest absolute Gasteiger partial charge is 0.469 e. The Kier molecular flexibility index (Phi) is 4.26. The monoisotopic (exact) mass is 409 g/mol. The minimum absolute atomic E-state index is 0.199. The quantitative estimate of drug-likeness (QED) is 0.665. The summed E-state index contributed by atoms with van der Waals surface area (Å²) in [5.74, 6) is -1.47. The minimum Gasteiger partial charge on any atom is -0.469 e. The Morgan fingerprint density at radius 1 is 1.03 bits per heavy atom. The molecule has 31 heavy (non-hydrogen) atoms. The van der Waals surface area contributed by atoms with Crippen molar-refractivity contribution in [1.29, 1.82) is 5.26 Å². The standard InChI is InChI=1S/C25H19N3O3/c26-15-25(24(27)30)20-13-12-16-7-4-5-10-18(16)28(20)22(21(25)19-11-6-14-31-19)23(29)17-8-2-1-3-9-17/h1-14,20-22H,(H2,27,30)/t20-,21-,22+,25-/m1/s1. The van der Waals surface area contributed by atoms with Crippen LogP contribution in [0.15, 0.2) is 83.5 Å². The van der Waals surface area contributed by atoms with Crippen molar-refractivity contribution in [3.8, 4) is 6.07 Å². The second kappa shape index (κ2) is 6.99. The molecule has 0 aliphatic carbocycles. The molecule has 6 nitrogen and oxygen atoms in total. The number of amides is 1. The maximum atomic E-state index is 13.9. The van der Waals surface area contributed by atoms with Crippen molar-refractivity contribution in [3.63, 3.8) is 0 Å². The van der Waals surface area contributed by atoms with Crippen molar-refractivity contribution in [2.75, 3.05) is 4.90 Å². The summed E-state index contributed by atoms with van der Waals surface area (Å²) >= 11 is 0. The highest BCUT2D eigenvalue weighted by Gasteiger charge is 2.66. The van der Waals surface area contributed by atoms with Crippen molar-refractivity contribution in [2.24, 2.45) is 11.1 Å². The maximum absolute atomic E-state index is 13.9. The highest BCUT2D eigenvalue weighted by molar-refractivity contribution is 6.06. The minimum atomic E-state index is -1.68. The zero-order valence-corrected chi connectivity index (χ0v) is 16.5. The van der Waals surface area contributed by atoms with Crippen molar-refractivity contribution >= 4 is 23.5 Å². The number of Topliss-reactive ketones (excluding diaryl/α,β-unsaturated/α-hetero) is 1. The van der Waals surface area contributed by atoms with Crippen LogP contribution in [0.1, 0.15) is 27.6 Å². The van der Waals surface area contributed by atoms with Crippen molar-refractivity contribution in [3.05, 3.63) is 96.0 Å². The first-order chi connectivity index (χ1) is 15.1. The molecule has 2 aromatic carbocycles. The van der Waals surface area contributed by atoms with Crippen LogP contribution in [-0.2, 0) is 4.79 Å². The summed E-state index contributed by atoms with van der Waals surface area (Å²) in [6.07, 6.45) is 5.15. The van der Waals surface area contributed by atoms with Gasteiger partial charge in [0.05, 0.1) is 24.3 Å². The number of ketones is 1. The van der Waals surface area contributed by atoms with Gasteiger partial charge in [0.2, 0.25) is 5.91 Å². The van der Waals surface area contributed by atoms with Gasteiger partial charge in [-0.05, 0) is 23.8 Å². The molecular weight excluding hydrogens is 390 g/mol. The number of rotatable bonds is 4. The van der Waals surface area contributed by atoms with E-state index in [9.17, 15) is 14.9 Å². The Labute approximate surface area is 179 Å². The lowest BCUT2D eigenvalue weighted by molar-refractivity contribution is -0.125. The number of anilines is 1. The van der Waals surface area contributed by atoms with Gasteiger partial charge in [-0.25, -0.2) is 0 Å². The number of hydrogen-bond acceptors (Lipinski definition) is 5. The SMILES string of the molecule is N#C[C@]1(C(N)=O)[C@H](c2ccco2)[C@@H](C(=O)c2ccccc2)N2c3ccccc3C=C[C@@H]21. The third kappa shape index (κ3) is 2.57. The summed E-state index contributed by atoms with van der Waals surface area (Å²) < 4.78 is 5.67. The van der Waals surface area contributed by atoms with E-state index in [4.69, 9.17) is 10.2 Å². The molecule has 0 radical (unpaired) electrons. The van der Waals surface area contributed by atoms with Crippen molar-refractivity contribution < 1.29 is 14.0 Å². The number of benzene rings is 2. The predicted octanol–water partition coefficient (Wildman–Crippen LogP) is 3.53. The van der Waals surface area contributed by atoms with E-state index < -0.39 is 29.3 Å². The average Bonchev–Trinajstić information content (AvgIpc) is 3.43. The normalized spacial score (nSPS) is 26.0. The number of primary amides is 1. The second-order valence-corrected chi connectivity index (χ2v) is 7.78. The molecule has 1 fully saturated rings. The van der Waals surface area contributed by atoms with Crippen LogP contribution in [-0.4, -0.2) is 23.8 Å². The van der Waals surface area contributed by atoms with Gasteiger partial charge in [0.1, 0.15) is 11.8 Å². The van der Waals surface area contributed by atoms with Gasteiger partial charge in [-0.3, -0.25) is 9.59 Å². The summed E-state index contributed by atoms with van der Waals surface area (Å²) in [6.45, 7) is 0. The topological polar surface area (TPSA) is 100 Å². The first kappa shape index (κ1) is 18.9. The van der Waals surface area contributed by atoms with Gasteiger partial charge in [0, 0.05) is 11.3 Å². The molecule has 5 rings (SSSR count). The summed E-state index contributed by atoms with van der Waals surface area (Å²) in [5, 5.41) is 10.3. The van der Waals surface area contributed by atoms with Crippen LogP contribution in [0.3, 0.4) is 0 Å². The summed E-state index contributed by atoms with van der Waals surface area (Å²) in [7, 11) is 0. The Bertz CT molecular complexity index is 1230. The van der Waals surface area contributed by atoms with E-state index in [2.05, 4.69) is 6.07 Å². The van der Waals surface area contributed by atoms with E-state index in [-0.39, 0.29) is 5.78 Å². The fourth-order valence-electron chi connectivity index (χ4n) is 4.98. The fraction of sp³-hybridized carbons (Fsp3) is 0.160. The van der Waals surface area contributed by atoms with Gasteiger partial charge in [0.15, 0.2) is 11.2 Å². The van der Waals surface area contributed by atoms with Gasteiger partial charge in [-0.2, -0.15) is 5.26 Å². The fourth-order valence-corrected chi connectivity index (χ4v) is 4.98. The lowest BCUT2D eigenvalue weighted by Crippen LogP contribution is -2.48. The molecular formula is C25H19N3O3. The van der Waals surface area contributed by atoms with E-state index in [0.29, 0.717) is 11.3 Å². The highest BCUT2D eigenvalue weighted by atomic mass is 16.3. The molecule has 0 unspecified atom stereocenters. The Balaban J connectivity index is 1.80. The first-order valence-corrected chi connectivity index (χ1v) is 9.99. The Hall–Kier alpha value is -4.11. The molecule has 0 bridgehead atoms. The average molecular weight is 409 g/mol. The number of hydrogen-bond donors (Lipinski definition) is 1. The van der Waals surface area contributed by atoms with E-state index >= 15 is 0 Å². The van der Waals surface area contributed by atoms with Gasteiger partial charge in [-0.1, -0.05) is 60.7 Å². The van der Waals surface area contributed by atoms with E-state index in [1.807, 2.05) is 41.3 Å². The van der Waals surface area contributed by atoms with Crippen LogP contribution in [0.5, 0.6) is 0 Å². The van der Waals surface area contributed by atoms with Crippen LogP contribution in [0.4, 0.5) is 5.69 Å². The molecule has 2 aliphatic heterocycles. The van der Waals surface area contributed by atoms with Crippen LogP contribution >= 0.6 is 0 Å². The number of fused-ring (bicyclic) bond motifs is 3. The number of furan rings is 1. The number of nitriles is 1. The predicted molar refractivity (Wildman–Crippen MR) is 115 cm³/mol. The van der Waals surface area contributed by atoms with Crippen LogP contribution in [0.25, 0.3) is 6.08 Å². The number of nitrogens with two attached hydrogens (primary N) is 1. The van der Waals surface area contributed by atoms with Crippen LogP contribution in [0.2, 0.25) is 0 Å². The van der Waals surface area contributed by atoms with Gasteiger partial charge in [0.25, 0.3) is 0 Å². The van der Waals surface area contributed by atoms with E-state index in [0.717, 1.165) is 11.3 Å². The van der Waals surface area contributed by atoms with Gasteiger partial charge in [-0.15, -0.1) is 0 Å². The molecule has 6 heteroatoms. The first-order valence-electron chi connectivity index (χ1n) is 9.99. The number of nitrogens with zero attached hydrogens (tertiary/aromatic N) is 2. The summed E-state index contributed by atoms with van der Waals surface area (Å²) in [4.78, 5) is 28.7. The lowest BCUT2D eigenvalue weighted by atomic mass is 9.69. The van der Waals surface area contributed by atoms with E-state index in [1.54, 1.807) is 42.5 Å². The third-order valence-corrected chi connectivity index (χ3v) is 6.31. The molecule has 1 aromatic heterocycles. The molecule has 3 aromatic rings. The molecule has 0 spiro atoms. The smallest absolute Gasteiger partial charge is 0.241 e. The molecule has 1 amide bonds. The molecule has 1 saturated heterocycles. The summed E-state index contributed by atoms with van der Waals surface area (Å²) in [5.41, 5.74) is 6.38. The van der Waals surface area contributed by atoms with Gasteiger partial charge >= 0.3 is 0 Å².